The number of aromatic nitrogens is 4. The van der Waals surface area contributed by atoms with Crippen LogP contribution in [0.1, 0.15) is 16.1 Å². The van der Waals surface area contributed by atoms with Crippen LogP contribution in [0.5, 0.6) is 0 Å². The summed E-state index contributed by atoms with van der Waals surface area (Å²) < 4.78 is 0. The van der Waals surface area contributed by atoms with Crippen molar-refractivity contribution >= 4 is 22.8 Å². The number of terminal acetylenes is 1. The van der Waals surface area contributed by atoms with Gasteiger partial charge in [-0.2, -0.15) is 5.10 Å². The van der Waals surface area contributed by atoms with E-state index < -0.39 is 0 Å². The second-order valence-electron chi connectivity index (χ2n) is 5.16. The summed E-state index contributed by atoms with van der Waals surface area (Å²) >= 11 is 0. The Labute approximate surface area is 132 Å². The van der Waals surface area contributed by atoms with E-state index in [1.807, 2.05) is 0 Å². The van der Waals surface area contributed by atoms with Gasteiger partial charge in [0.05, 0.1) is 11.2 Å². The molecule has 1 amide bonds. The fourth-order valence-corrected chi connectivity index (χ4v) is 2.33. The Balaban J connectivity index is 2.36. The van der Waals surface area contributed by atoms with Crippen molar-refractivity contribution in [1.82, 2.24) is 25.1 Å². The van der Waals surface area contributed by atoms with Gasteiger partial charge in [-0.1, -0.05) is 5.92 Å². The molecular formula is C16H14N6O. The summed E-state index contributed by atoms with van der Waals surface area (Å²) in [7, 11) is 3.34. The van der Waals surface area contributed by atoms with Gasteiger partial charge in [-0.3, -0.25) is 9.89 Å². The van der Waals surface area contributed by atoms with Crippen molar-refractivity contribution in [3.63, 3.8) is 0 Å². The summed E-state index contributed by atoms with van der Waals surface area (Å²) in [4.78, 5) is 21.9. The molecule has 2 heterocycles. The largest absolute Gasteiger partial charge is 0.368 e. The minimum Gasteiger partial charge on any atom is -0.368 e. The highest BCUT2D eigenvalue weighted by atomic mass is 16.2. The number of rotatable bonds is 2. The summed E-state index contributed by atoms with van der Waals surface area (Å²) in [5.74, 6) is 2.52. The Morgan fingerprint density at radius 2 is 2.17 bits per heavy atom. The van der Waals surface area contributed by atoms with Crippen molar-refractivity contribution in [2.45, 2.75) is 0 Å². The molecule has 114 valence electrons. The number of carbonyl (C=O) groups excluding carboxylic acids is 1. The van der Waals surface area contributed by atoms with Gasteiger partial charge in [0.25, 0.3) is 5.91 Å². The van der Waals surface area contributed by atoms with Crippen LogP contribution in [0.25, 0.3) is 22.2 Å². The lowest BCUT2D eigenvalue weighted by Crippen LogP contribution is -2.22. The van der Waals surface area contributed by atoms with E-state index in [-0.39, 0.29) is 11.9 Å². The zero-order valence-corrected chi connectivity index (χ0v) is 12.7. The zero-order chi connectivity index (χ0) is 16.6. The third kappa shape index (κ3) is 2.46. The number of nitrogens with zero attached hydrogens (tertiary/aromatic N) is 4. The molecule has 7 heteroatoms. The topological polar surface area (TPSA) is 101 Å². The van der Waals surface area contributed by atoms with E-state index in [1.165, 1.54) is 4.90 Å². The summed E-state index contributed by atoms with van der Waals surface area (Å²) in [5, 5.41) is 7.65. The molecule has 3 N–H and O–H groups in total. The SMILES string of the molecule is C#Cc1cc(-c2ccnc(N)n2)c2c(C(=O)N(C)C)n[nH]c2c1. The van der Waals surface area contributed by atoms with Crippen molar-refractivity contribution in [2.24, 2.45) is 0 Å². The van der Waals surface area contributed by atoms with Gasteiger partial charge >= 0.3 is 0 Å². The van der Waals surface area contributed by atoms with Gasteiger partial charge in [-0.05, 0) is 18.2 Å². The normalized spacial score (nSPS) is 10.5. The van der Waals surface area contributed by atoms with E-state index in [1.54, 1.807) is 38.5 Å². The number of carbonyl (C=O) groups is 1. The van der Waals surface area contributed by atoms with Gasteiger partial charge in [-0.15, -0.1) is 6.42 Å². The first-order chi connectivity index (χ1) is 11.0. The molecule has 3 rings (SSSR count). The quantitative estimate of drug-likeness (QED) is 0.695. The summed E-state index contributed by atoms with van der Waals surface area (Å²) in [6, 6.07) is 5.26. The third-order valence-corrected chi connectivity index (χ3v) is 3.39. The second kappa shape index (κ2) is 5.42. The van der Waals surface area contributed by atoms with E-state index in [2.05, 4.69) is 26.1 Å². The smallest absolute Gasteiger partial charge is 0.274 e. The zero-order valence-electron chi connectivity index (χ0n) is 12.7. The van der Waals surface area contributed by atoms with Crippen molar-refractivity contribution in [3.05, 3.63) is 35.7 Å². The van der Waals surface area contributed by atoms with E-state index >= 15 is 0 Å². The van der Waals surface area contributed by atoms with Gasteiger partial charge in [0.1, 0.15) is 0 Å². The van der Waals surface area contributed by atoms with Crippen molar-refractivity contribution in [3.8, 4) is 23.6 Å². The van der Waals surface area contributed by atoms with Crippen LogP contribution >= 0.6 is 0 Å². The number of nitrogens with two attached hydrogens (primary N) is 1. The molecule has 7 nitrogen and oxygen atoms in total. The monoisotopic (exact) mass is 306 g/mol. The maximum atomic E-state index is 12.4. The number of nitrogens with one attached hydrogen (secondary N) is 1. The first-order valence-corrected chi connectivity index (χ1v) is 6.80. The van der Waals surface area contributed by atoms with Crippen LogP contribution in [0.15, 0.2) is 24.4 Å². The highest BCUT2D eigenvalue weighted by molar-refractivity contribution is 6.10. The van der Waals surface area contributed by atoms with Gasteiger partial charge in [0, 0.05) is 36.8 Å². The van der Waals surface area contributed by atoms with Crippen molar-refractivity contribution in [2.75, 3.05) is 19.8 Å². The van der Waals surface area contributed by atoms with Gasteiger partial charge in [-0.25, -0.2) is 9.97 Å². The van der Waals surface area contributed by atoms with Crippen LogP contribution in [-0.4, -0.2) is 45.1 Å². The molecule has 0 atom stereocenters. The lowest BCUT2D eigenvalue weighted by molar-refractivity contribution is 0.0824. The highest BCUT2D eigenvalue weighted by Gasteiger charge is 2.20. The fraction of sp³-hybridized carbons (Fsp3) is 0.125. The van der Waals surface area contributed by atoms with Gasteiger partial charge in [0.15, 0.2) is 5.69 Å². The van der Waals surface area contributed by atoms with Gasteiger partial charge in [0.2, 0.25) is 5.95 Å². The molecule has 0 unspecified atom stereocenters. The molecule has 0 radical (unpaired) electrons. The molecule has 0 saturated carbocycles. The number of anilines is 1. The molecular weight excluding hydrogens is 292 g/mol. The van der Waals surface area contributed by atoms with Crippen LogP contribution in [0.3, 0.4) is 0 Å². The average molecular weight is 306 g/mol. The number of fused-ring (bicyclic) bond motifs is 1. The van der Waals surface area contributed by atoms with Crippen LogP contribution in [0, 0.1) is 12.3 Å². The number of H-pyrrole nitrogens is 1. The Kier molecular flexibility index (Phi) is 3.43. The number of amides is 1. The summed E-state index contributed by atoms with van der Waals surface area (Å²) in [5.41, 5.74) is 8.55. The van der Waals surface area contributed by atoms with E-state index in [0.29, 0.717) is 33.4 Å². The van der Waals surface area contributed by atoms with Crippen molar-refractivity contribution < 1.29 is 4.79 Å². The predicted octanol–water partition coefficient (Wildman–Crippen LogP) is 1.29. The van der Waals surface area contributed by atoms with Crippen molar-refractivity contribution in [1.29, 1.82) is 0 Å². The molecule has 0 fully saturated rings. The average Bonchev–Trinajstić information content (AvgIpc) is 2.96. The number of hydrogen-bond acceptors (Lipinski definition) is 5. The summed E-state index contributed by atoms with van der Waals surface area (Å²) in [6.45, 7) is 0. The molecule has 0 bridgehead atoms. The van der Waals surface area contributed by atoms with Crippen LogP contribution in [0.2, 0.25) is 0 Å². The third-order valence-electron chi connectivity index (χ3n) is 3.39. The minimum atomic E-state index is -0.215. The molecule has 3 aromatic rings. The van der Waals surface area contributed by atoms with Crippen LogP contribution in [-0.2, 0) is 0 Å². The standard InChI is InChI=1S/C16H14N6O/c1-4-9-7-10(11-5-6-18-16(17)19-11)13-12(8-9)20-21-14(13)15(23)22(2)3/h1,5-8H,2-3H3,(H,20,21)(H2,17,18,19). The lowest BCUT2D eigenvalue weighted by atomic mass is 10.0. The Bertz CT molecular complexity index is 951. The predicted molar refractivity (Wildman–Crippen MR) is 87.5 cm³/mol. The Morgan fingerprint density at radius 1 is 1.39 bits per heavy atom. The first-order valence-electron chi connectivity index (χ1n) is 6.80. The lowest BCUT2D eigenvalue weighted by Gasteiger charge is -2.10. The Hall–Kier alpha value is -3.40. The molecule has 0 saturated heterocycles. The molecule has 0 spiro atoms. The maximum Gasteiger partial charge on any atom is 0.274 e. The molecule has 23 heavy (non-hydrogen) atoms. The molecule has 2 aromatic heterocycles. The van der Waals surface area contributed by atoms with E-state index in [0.717, 1.165) is 0 Å². The number of nitrogen functional groups attached to an aromatic ring is 1. The van der Waals surface area contributed by atoms with E-state index in [9.17, 15) is 4.79 Å². The number of aromatic amines is 1. The number of hydrogen-bond donors (Lipinski definition) is 2. The van der Waals surface area contributed by atoms with E-state index in [4.69, 9.17) is 12.2 Å². The van der Waals surface area contributed by atoms with Crippen LogP contribution in [0.4, 0.5) is 5.95 Å². The molecule has 0 aliphatic heterocycles. The fourth-order valence-electron chi connectivity index (χ4n) is 2.33. The van der Waals surface area contributed by atoms with Gasteiger partial charge < -0.3 is 10.6 Å². The second-order valence-corrected chi connectivity index (χ2v) is 5.16. The van der Waals surface area contributed by atoms with Crippen LogP contribution < -0.4 is 5.73 Å². The molecule has 0 aliphatic carbocycles. The molecule has 1 aromatic carbocycles. The minimum absolute atomic E-state index is 0.144. The molecule has 0 aliphatic rings. The summed E-state index contributed by atoms with van der Waals surface area (Å²) in [6.07, 6.45) is 7.07. The Morgan fingerprint density at radius 3 is 2.83 bits per heavy atom. The highest BCUT2D eigenvalue weighted by Crippen LogP contribution is 2.31. The number of benzene rings is 1. The maximum absolute atomic E-state index is 12.4. The first kappa shape index (κ1) is 14.5.